The first kappa shape index (κ1) is 44.1. The smallest absolute Gasteiger partial charge is 0.307 e. The van der Waals surface area contributed by atoms with Crippen molar-refractivity contribution in [3.05, 3.63) is 70.7 Å². The van der Waals surface area contributed by atoms with Gasteiger partial charge in [-0.3, -0.25) is 28.4 Å². The molecule has 2 rings (SSSR count). The van der Waals surface area contributed by atoms with Crippen LogP contribution in [0, 0.1) is 5.92 Å². The van der Waals surface area contributed by atoms with E-state index in [1.165, 1.54) is 24.0 Å². The number of carbonyl (C=O) groups excluding carboxylic acids is 5. The molecule has 0 bridgehead atoms. The van der Waals surface area contributed by atoms with Gasteiger partial charge in [0.2, 0.25) is 23.6 Å². The third-order valence-electron chi connectivity index (χ3n) is 8.52. The molecule has 0 saturated heterocycles. The van der Waals surface area contributed by atoms with Gasteiger partial charge in [-0.25, -0.2) is 0 Å². The van der Waals surface area contributed by atoms with Gasteiger partial charge in [0, 0.05) is 51.3 Å². The summed E-state index contributed by atoms with van der Waals surface area (Å²) in [6, 6.07) is 13.0. The van der Waals surface area contributed by atoms with Gasteiger partial charge in [-0.05, 0) is 70.2 Å². The third-order valence-corrected chi connectivity index (χ3v) is 8.77. The number of hydrogen-bond acceptors (Lipinski definition) is 8. The van der Waals surface area contributed by atoms with Crippen molar-refractivity contribution >= 4 is 41.2 Å². The summed E-state index contributed by atoms with van der Waals surface area (Å²) in [5, 5.41) is 5.95. The Balaban J connectivity index is 2.18. The Labute approximate surface area is 311 Å². The molecule has 14 heteroatoms. The molecular formula is C38H55ClFN5O7. The normalized spacial score (nSPS) is 14.3. The molecule has 0 unspecified atom stereocenters. The van der Waals surface area contributed by atoms with Crippen molar-refractivity contribution in [2.24, 2.45) is 11.7 Å². The van der Waals surface area contributed by atoms with Crippen LogP contribution in [-0.4, -0.2) is 110 Å². The van der Waals surface area contributed by atoms with E-state index in [1.54, 1.807) is 59.0 Å². The van der Waals surface area contributed by atoms with Crippen molar-refractivity contribution in [1.82, 2.24) is 20.4 Å². The van der Waals surface area contributed by atoms with Gasteiger partial charge in [-0.1, -0.05) is 54.1 Å². The van der Waals surface area contributed by atoms with Crippen LogP contribution < -0.4 is 16.4 Å². The largest absolute Gasteiger partial charge is 0.460 e. The number of methoxy groups -OCH3 is 1. The lowest BCUT2D eigenvalue weighted by Crippen LogP contribution is -2.56. The van der Waals surface area contributed by atoms with E-state index in [0.29, 0.717) is 11.4 Å². The van der Waals surface area contributed by atoms with Crippen LogP contribution in [0.3, 0.4) is 0 Å². The molecule has 0 heterocycles. The Morgan fingerprint density at radius 1 is 0.904 bits per heavy atom. The van der Waals surface area contributed by atoms with Crippen LogP contribution in [0.2, 0.25) is 5.02 Å². The zero-order valence-corrected chi connectivity index (χ0v) is 32.1. The highest BCUT2D eigenvalue weighted by Crippen LogP contribution is 2.20. The van der Waals surface area contributed by atoms with Gasteiger partial charge in [-0.15, -0.1) is 0 Å². The molecule has 288 valence electrons. The molecular weight excluding hydrogens is 693 g/mol. The van der Waals surface area contributed by atoms with Crippen LogP contribution in [-0.2, 0) is 46.3 Å². The van der Waals surface area contributed by atoms with Gasteiger partial charge in [-0.2, -0.15) is 0 Å². The lowest BCUT2D eigenvalue weighted by molar-refractivity contribution is -0.158. The van der Waals surface area contributed by atoms with Crippen LogP contribution >= 0.6 is 11.6 Å². The van der Waals surface area contributed by atoms with Crippen LogP contribution in [0.25, 0.3) is 0 Å². The second-order valence-electron chi connectivity index (χ2n) is 14.0. The van der Waals surface area contributed by atoms with E-state index in [4.69, 9.17) is 26.8 Å². The van der Waals surface area contributed by atoms with E-state index in [-0.39, 0.29) is 50.6 Å². The van der Waals surface area contributed by atoms with Gasteiger partial charge >= 0.3 is 5.97 Å². The van der Waals surface area contributed by atoms with E-state index in [1.807, 2.05) is 30.3 Å². The minimum Gasteiger partial charge on any atom is -0.460 e. The third kappa shape index (κ3) is 15.3. The molecule has 2 aromatic carbocycles. The summed E-state index contributed by atoms with van der Waals surface area (Å²) in [7, 11) is 4.53. The Morgan fingerprint density at radius 2 is 1.52 bits per heavy atom. The number of hydrogen-bond donors (Lipinski definition) is 3. The summed E-state index contributed by atoms with van der Waals surface area (Å²) in [6.07, 6.45) is 0.196. The fourth-order valence-corrected chi connectivity index (χ4v) is 5.58. The highest BCUT2D eigenvalue weighted by atomic mass is 35.5. The molecule has 0 aliphatic rings. The van der Waals surface area contributed by atoms with Gasteiger partial charge in [0.05, 0.1) is 31.7 Å². The molecule has 0 saturated carbocycles. The van der Waals surface area contributed by atoms with Crippen molar-refractivity contribution in [3.63, 3.8) is 0 Å². The lowest BCUT2D eigenvalue weighted by atomic mass is 9.94. The first-order valence-electron chi connectivity index (χ1n) is 17.4. The quantitative estimate of drug-likeness (QED) is 0.174. The molecule has 0 fully saturated rings. The number of nitrogens with two attached hydrogens (primary N) is 1. The SMILES string of the molecule is COC[C@H](NC(=O)[C@@H](N)CCF)C(=O)N(C)[C@H](CC(=O)NC[C@H](C)N(C)C(=O)[C@@H](CC(=O)OC(C)(C)C)Cc1ccccc1)Cc1ccc(Cl)cc1. The second kappa shape index (κ2) is 21.5. The molecule has 0 aliphatic carbocycles. The average molecular weight is 748 g/mol. The Bertz CT molecular complexity index is 1460. The first-order chi connectivity index (χ1) is 24.4. The number of ether oxygens (including phenoxy) is 2. The Kier molecular flexibility index (Phi) is 18.2. The van der Waals surface area contributed by atoms with Crippen LogP contribution in [0.4, 0.5) is 4.39 Å². The number of nitrogens with zero attached hydrogens (tertiary/aromatic N) is 2. The predicted octanol–water partition coefficient (Wildman–Crippen LogP) is 3.47. The maximum atomic E-state index is 13.8. The summed E-state index contributed by atoms with van der Waals surface area (Å²) in [5.41, 5.74) is 6.77. The van der Waals surface area contributed by atoms with E-state index >= 15 is 0 Å². The number of amides is 4. The van der Waals surface area contributed by atoms with Crippen molar-refractivity contribution in [2.45, 2.75) is 89.6 Å². The van der Waals surface area contributed by atoms with Crippen LogP contribution in [0.15, 0.2) is 54.6 Å². The van der Waals surface area contributed by atoms with Gasteiger partial charge in [0.15, 0.2) is 0 Å². The maximum absolute atomic E-state index is 13.8. The molecule has 0 radical (unpaired) electrons. The molecule has 0 aliphatic heterocycles. The minimum atomic E-state index is -1.14. The van der Waals surface area contributed by atoms with E-state index in [9.17, 15) is 28.4 Å². The number of nitrogens with one attached hydrogen (secondary N) is 2. The van der Waals surface area contributed by atoms with E-state index in [0.717, 1.165) is 11.1 Å². The van der Waals surface area contributed by atoms with E-state index < -0.39 is 60.1 Å². The molecule has 0 aromatic heterocycles. The highest BCUT2D eigenvalue weighted by Gasteiger charge is 2.32. The maximum Gasteiger partial charge on any atom is 0.307 e. The first-order valence-corrected chi connectivity index (χ1v) is 17.7. The molecule has 4 N–H and O–H groups in total. The number of benzene rings is 2. The number of likely N-dealkylation sites (N-methyl/N-ethyl adjacent to an activating group) is 2. The zero-order chi connectivity index (χ0) is 39.0. The standard InChI is InChI=1S/C38H55ClFN5O7/c1-25(44(5)36(49)28(19-26-11-9-8-10-12-26)21-34(47)52-38(2,3)4)23-42-33(46)22-30(20-27-13-15-29(39)16-14-27)45(6)37(50)32(24-51-7)43-35(48)31(41)17-18-40/h8-16,25,28,30-32H,17-24,41H2,1-7H3,(H,42,46)(H,43,48)/t25-,28+,30-,31-,32-/m0/s1. The molecule has 2 aromatic rings. The van der Waals surface area contributed by atoms with E-state index in [2.05, 4.69) is 10.6 Å². The Morgan fingerprint density at radius 3 is 2.10 bits per heavy atom. The van der Waals surface area contributed by atoms with Crippen molar-refractivity contribution in [2.75, 3.05) is 41.0 Å². The van der Waals surface area contributed by atoms with Gasteiger partial charge in [0.1, 0.15) is 11.6 Å². The molecule has 4 amide bonds. The summed E-state index contributed by atoms with van der Waals surface area (Å²) in [4.78, 5) is 69.1. The molecule has 0 spiro atoms. The number of esters is 1. The fourth-order valence-electron chi connectivity index (χ4n) is 5.45. The minimum absolute atomic E-state index is 0.103. The topological polar surface area (TPSA) is 160 Å². The lowest BCUT2D eigenvalue weighted by Gasteiger charge is -2.32. The summed E-state index contributed by atoms with van der Waals surface area (Å²) >= 11 is 6.08. The zero-order valence-electron chi connectivity index (χ0n) is 31.3. The van der Waals surface area contributed by atoms with Gasteiger partial charge < -0.3 is 35.6 Å². The molecule has 52 heavy (non-hydrogen) atoms. The summed E-state index contributed by atoms with van der Waals surface area (Å²) in [6.45, 7) is 6.24. The number of carbonyl (C=O) groups is 5. The van der Waals surface area contributed by atoms with Crippen molar-refractivity contribution < 1.29 is 37.8 Å². The monoisotopic (exact) mass is 747 g/mol. The van der Waals surface area contributed by atoms with Crippen LogP contribution in [0.5, 0.6) is 0 Å². The van der Waals surface area contributed by atoms with Gasteiger partial charge in [0.25, 0.3) is 0 Å². The average Bonchev–Trinajstić information content (AvgIpc) is 3.09. The highest BCUT2D eigenvalue weighted by molar-refractivity contribution is 6.30. The number of alkyl halides is 1. The molecule has 12 nitrogen and oxygen atoms in total. The predicted molar refractivity (Wildman–Crippen MR) is 198 cm³/mol. The number of rotatable bonds is 20. The molecule has 5 atom stereocenters. The second-order valence-corrected chi connectivity index (χ2v) is 14.5. The Hall–Kier alpha value is -4.07. The summed E-state index contributed by atoms with van der Waals surface area (Å²) < 4.78 is 23.5. The number of halogens is 2. The van der Waals surface area contributed by atoms with Crippen molar-refractivity contribution in [1.29, 1.82) is 0 Å². The summed E-state index contributed by atoms with van der Waals surface area (Å²) in [5.74, 6) is -3.02. The van der Waals surface area contributed by atoms with Crippen molar-refractivity contribution in [3.8, 4) is 0 Å². The fraction of sp³-hybridized carbons (Fsp3) is 0.553. The van der Waals surface area contributed by atoms with Crippen LogP contribution in [0.1, 0.15) is 58.1 Å².